The number of hydrogen-bond donors (Lipinski definition) is 0. The molecule has 4 rings (SSSR count). The number of fused-ring (bicyclic) bond motifs is 1. The Balaban J connectivity index is 1.62. The molecule has 2 aromatic rings. The number of ether oxygens (including phenoxy) is 2. The molecule has 12 heteroatoms. The number of carbonyl (C=O) groups excluding carboxylic acids is 1. The Morgan fingerprint density at radius 2 is 2.08 bits per heavy atom. The van der Waals surface area contributed by atoms with Crippen molar-refractivity contribution in [3.8, 4) is 6.01 Å². The molecule has 0 saturated carbocycles. The zero-order valence-electron chi connectivity index (χ0n) is 22.0. The van der Waals surface area contributed by atoms with Gasteiger partial charge in [-0.25, -0.2) is 18.6 Å². The van der Waals surface area contributed by atoms with Gasteiger partial charge in [-0.1, -0.05) is 11.6 Å². The third-order valence-corrected chi connectivity index (χ3v) is 7.17. The number of amides is 1. The van der Waals surface area contributed by atoms with E-state index in [0.29, 0.717) is 49.0 Å². The molecule has 0 bridgehead atoms. The molecule has 2 aromatic heterocycles. The molecule has 0 aromatic carbocycles. The number of anilines is 1. The van der Waals surface area contributed by atoms with Gasteiger partial charge < -0.3 is 19.3 Å². The van der Waals surface area contributed by atoms with Gasteiger partial charge in [0.25, 0.3) is 0 Å². The minimum atomic E-state index is -0.767. The first-order valence-corrected chi connectivity index (χ1v) is 12.6. The summed E-state index contributed by atoms with van der Waals surface area (Å²) in [6.07, 6.45) is 2.87. The van der Waals surface area contributed by atoms with Crippen molar-refractivity contribution in [2.75, 3.05) is 38.7 Å². The van der Waals surface area contributed by atoms with E-state index in [9.17, 15) is 9.18 Å². The van der Waals surface area contributed by atoms with Crippen LogP contribution in [0.15, 0.2) is 18.1 Å². The van der Waals surface area contributed by atoms with E-state index in [4.69, 9.17) is 21.1 Å². The molecule has 3 atom stereocenters. The zero-order valence-corrected chi connectivity index (χ0v) is 22.7. The molecule has 37 heavy (non-hydrogen) atoms. The van der Waals surface area contributed by atoms with E-state index in [2.05, 4.69) is 15.0 Å². The van der Waals surface area contributed by atoms with E-state index in [1.807, 2.05) is 51.6 Å². The Bertz CT molecular complexity index is 1210. The van der Waals surface area contributed by atoms with Crippen molar-refractivity contribution in [3.05, 3.63) is 29.1 Å². The number of likely N-dealkylation sites (tertiary alicyclic amines) is 2. The van der Waals surface area contributed by atoms with Crippen molar-refractivity contribution in [1.29, 1.82) is 0 Å². The maximum absolute atomic E-state index is 15.0. The first-order chi connectivity index (χ1) is 17.4. The van der Waals surface area contributed by atoms with Crippen LogP contribution >= 0.6 is 11.6 Å². The van der Waals surface area contributed by atoms with Crippen LogP contribution in [0.5, 0.6) is 6.01 Å². The summed E-state index contributed by atoms with van der Waals surface area (Å²) >= 11 is 5.95. The minimum Gasteiger partial charge on any atom is -0.462 e. The molecule has 0 radical (unpaired) electrons. The quantitative estimate of drug-likeness (QED) is 0.511. The van der Waals surface area contributed by atoms with E-state index < -0.39 is 11.4 Å². The zero-order chi connectivity index (χ0) is 27.1. The average molecular weight is 539 g/mol. The highest BCUT2D eigenvalue weighted by Gasteiger charge is 2.39. The van der Waals surface area contributed by atoms with Crippen LogP contribution in [0, 0.1) is 5.82 Å². The molecule has 202 valence electrons. The molecule has 0 unspecified atom stereocenters. The summed E-state index contributed by atoms with van der Waals surface area (Å²) in [5, 5.41) is 0.0737. The number of likely N-dealkylation sites (N-methyl/N-ethyl adjacent to an activating group) is 2. The highest BCUT2D eigenvalue weighted by Crippen LogP contribution is 2.34. The van der Waals surface area contributed by atoms with Gasteiger partial charge in [-0.05, 0) is 53.2 Å². The van der Waals surface area contributed by atoms with Gasteiger partial charge in [-0.2, -0.15) is 9.97 Å². The number of carbonyl (C=O) groups is 1. The van der Waals surface area contributed by atoms with Gasteiger partial charge in [0.05, 0.1) is 23.8 Å². The predicted molar refractivity (Wildman–Crippen MR) is 137 cm³/mol. The molecule has 2 aliphatic rings. The van der Waals surface area contributed by atoms with Crippen molar-refractivity contribution in [2.45, 2.75) is 64.3 Å². The second-order valence-electron chi connectivity index (χ2n) is 10.7. The SMILES string of the molecule is C[C@@H]1[C@H](N(C)c2nc(OC[C@H]3CC(=CF)CN3C)nc3c(F)c(Cl)ncc23)CCN1C(=O)OC(C)(C)C. The molecular weight excluding hydrogens is 506 g/mol. The van der Waals surface area contributed by atoms with E-state index in [1.165, 1.54) is 6.20 Å². The van der Waals surface area contributed by atoms with Crippen LogP contribution in [0.4, 0.5) is 19.4 Å². The second kappa shape index (κ2) is 10.5. The number of nitrogens with zero attached hydrogens (tertiary/aromatic N) is 6. The average Bonchev–Trinajstić information content (AvgIpc) is 3.40. The van der Waals surface area contributed by atoms with Crippen LogP contribution in [0.25, 0.3) is 10.9 Å². The molecule has 0 N–H and O–H groups in total. The van der Waals surface area contributed by atoms with Crippen LogP contribution in [-0.4, -0.2) is 88.4 Å². The van der Waals surface area contributed by atoms with E-state index in [0.717, 1.165) is 0 Å². The van der Waals surface area contributed by atoms with Gasteiger partial charge in [0.15, 0.2) is 11.0 Å². The largest absolute Gasteiger partial charge is 0.462 e. The lowest BCUT2D eigenvalue weighted by Crippen LogP contribution is -2.45. The molecule has 1 amide bonds. The molecule has 2 saturated heterocycles. The number of pyridine rings is 1. The highest BCUT2D eigenvalue weighted by atomic mass is 35.5. The molecule has 9 nitrogen and oxygen atoms in total. The third kappa shape index (κ3) is 5.72. The lowest BCUT2D eigenvalue weighted by Gasteiger charge is -2.33. The lowest BCUT2D eigenvalue weighted by molar-refractivity contribution is 0.0233. The Kier molecular flexibility index (Phi) is 7.75. The summed E-state index contributed by atoms with van der Waals surface area (Å²) in [5.41, 5.74) is 0.0715. The van der Waals surface area contributed by atoms with E-state index >= 15 is 4.39 Å². The van der Waals surface area contributed by atoms with E-state index in [1.54, 1.807) is 4.90 Å². The second-order valence-corrected chi connectivity index (χ2v) is 11.0. The van der Waals surface area contributed by atoms with E-state index in [-0.39, 0.29) is 47.5 Å². The summed E-state index contributed by atoms with van der Waals surface area (Å²) in [6.45, 7) is 8.65. The van der Waals surface area contributed by atoms with Crippen molar-refractivity contribution in [2.24, 2.45) is 0 Å². The number of hydrogen-bond acceptors (Lipinski definition) is 8. The number of rotatable bonds is 5. The summed E-state index contributed by atoms with van der Waals surface area (Å²) < 4.78 is 39.5. The minimum absolute atomic E-state index is 0.00869. The Morgan fingerprint density at radius 3 is 2.73 bits per heavy atom. The van der Waals surface area contributed by atoms with Gasteiger partial charge >= 0.3 is 12.1 Å². The number of halogens is 3. The fourth-order valence-corrected chi connectivity index (χ4v) is 5.06. The van der Waals surface area contributed by atoms with Gasteiger partial charge in [0.1, 0.15) is 23.5 Å². The number of aromatic nitrogens is 3. The molecule has 2 fully saturated rings. The fourth-order valence-electron chi connectivity index (χ4n) is 4.92. The van der Waals surface area contributed by atoms with Crippen LogP contribution in [0.2, 0.25) is 5.15 Å². The van der Waals surface area contributed by atoms with Crippen molar-refractivity contribution < 1.29 is 23.0 Å². The first kappa shape index (κ1) is 27.3. The maximum atomic E-state index is 15.0. The van der Waals surface area contributed by atoms with Gasteiger partial charge in [-0.15, -0.1) is 0 Å². The van der Waals surface area contributed by atoms with Gasteiger partial charge in [-0.3, -0.25) is 4.90 Å². The molecule has 0 aliphatic carbocycles. The molecule has 2 aliphatic heterocycles. The lowest BCUT2D eigenvalue weighted by atomic mass is 10.1. The first-order valence-electron chi connectivity index (χ1n) is 12.2. The van der Waals surface area contributed by atoms with Crippen LogP contribution in [0.3, 0.4) is 0 Å². The highest BCUT2D eigenvalue weighted by molar-refractivity contribution is 6.30. The topological polar surface area (TPSA) is 83.9 Å². The van der Waals surface area contributed by atoms with Crippen molar-refractivity contribution >= 4 is 34.4 Å². The summed E-state index contributed by atoms with van der Waals surface area (Å²) in [5.74, 6) is -0.355. The Hall–Kier alpha value is -2.79. The summed E-state index contributed by atoms with van der Waals surface area (Å²) in [7, 11) is 3.72. The molecular formula is C25H33ClF2N6O3. The van der Waals surface area contributed by atoms with Crippen LogP contribution in [0.1, 0.15) is 40.5 Å². The maximum Gasteiger partial charge on any atom is 0.410 e. The smallest absolute Gasteiger partial charge is 0.410 e. The third-order valence-electron chi connectivity index (χ3n) is 6.91. The fraction of sp³-hybridized carbons (Fsp3) is 0.600. The summed E-state index contributed by atoms with van der Waals surface area (Å²) in [4.78, 5) is 31.1. The standard InChI is InChI=1S/C25H33ClF2N6O3/c1-14-18(7-8-34(14)24(35)37-25(2,3)4)33(6)22-17-11-29-21(26)19(28)20(17)30-23(31-22)36-13-16-9-15(10-27)12-32(16)5/h10-11,14,16,18H,7-9,12-13H2,1-6H3/t14-,16-,18-/m1/s1. The normalized spacial score (nSPS) is 23.8. The van der Waals surface area contributed by atoms with Crippen LogP contribution < -0.4 is 9.64 Å². The van der Waals surface area contributed by atoms with Crippen LogP contribution in [-0.2, 0) is 4.74 Å². The van der Waals surface area contributed by atoms with Gasteiger partial charge in [0.2, 0.25) is 0 Å². The molecule has 4 heterocycles. The summed E-state index contributed by atoms with van der Waals surface area (Å²) in [6, 6.07) is -0.408. The van der Waals surface area contributed by atoms with Crippen molar-refractivity contribution in [3.63, 3.8) is 0 Å². The Morgan fingerprint density at radius 1 is 1.35 bits per heavy atom. The Labute approximate surface area is 220 Å². The van der Waals surface area contributed by atoms with Gasteiger partial charge in [0, 0.05) is 32.4 Å². The monoisotopic (exact) mass is 538 g/mol. The van der Waals surface area contributed by atoms with Crippen molar-refractivity contribution in [1.82, 2.24) is 24.8 Å². The predicted octanol–water partition coefficient (Wildman–Crippen LogP) is 4.59. The molecule has 0 spiro atoms.